The number of benzene rings is 1. The number of carbonyl (C=O) groups excluding carboxylic acids is 1. The molecular weight excluding hydrogens is 271 g/mol. The first-order chi connectivity index (χ1) is 8.42. The van der Waals surface area contributed by atoms with Gasteiger partial charge in [0.1, 0.15) is 10.8 Å². The molecule has 2 aliphatic rings. The third-order valence-corrected chi connectivity index (χ3v) is 4.86. The van der Waals surface area contributed by atoms with Gasteiger partial charge < -0.3 is 5.11 Å². The summed E-state index contributed by atoms with van der Waals surface area (Å²) < 4.78 is 0. The molecule has 4 heteroatoms. The van der Waals surface area contributed by atoms with Gasteiger partial charge in [0.15, 0.2) is 5.78 Å². The summed E-state index contributed by atoms with van der Waals surface area (Å²) in [6.45, 7) is 2.13. The highest BCUT2D eigenvalue weighted by atomic mass is 35.5. The summed E-state index contributed by atoms with van der Waals surface area (Å²) in [5.41, 5.74) is 2.73. The maximum Gasteiger partial charge on any atom is 0.156 e. The molecule has 0 spiro atoms. The van der Waals surface area contributed by atoms with Crippen molar-refractivity contribution in [2.45, 2.75) is 26.2 Å². The van der Waals surface area contributed by atoms with Crippen LogP contribution in [0.1, 0.15) is 30.9 Å². The third kappa shape index (κ3) is 1.52. The van der Waals surface area contributed by atoms with Gasteiger partial charge in [-0.05, 0) is 41.5 Å². The normalized spacial score (nSPS) is 25.7. The maximum absolute atomic E-state index is 11.6. The van der Waals surface area contributed by atoms with Crippen molar-refractivity contribution in [3.8, 4) is 5.75 Å². The molecule has 1 N–H and O–H groups in total. The fraction of sp³-hybridized carbons (Fsp3) is 0.357. The standard InChI is InChI=1S/C14H12Cl2O2/c1-14-3-2-8(17)5-9(14)11-7(6-14)4-10(18)12(15)13(11)16/h4-5,18H,2-3,6H2,1H3. The number of hydrogen-bond acceptors (Lipinski definition) is 2. The van der Waals surface area contributed by atoms with E-state index in [-0.39, 0.29) is 22.0 Å². The molecule has 0 aliphatic heterocycles. The Hall–Kier alpha value is -0.990. The van der Waals surface area contributed by atoms with Gasteiger partial charge in [-0.15, -0.1) is 0 Å². The van der Waals surface area contributed by atoms with Crippen LogP contribution in [0.25, 0.3) is 5.57 Å². The number of ketones is 1. The van der Waals surface area contributed by atoms with Gasteiger partial charge in [0, 0.05) is 12.0 Å². The van der Waals surface area contributed by atoms with Crippen LogP contribution < -0.4 is 0 Å². The van der Waals surface area contributed by atoms with Gasteiger partial charge in [0.2, 0.25) is 0 Å². The summed E-state index contributed by atoms with van der Waals surface area (Å²) in [6, 6.07) is 1.67. The molecule has 0 saturated heterocycles. The van der Waals surface area contributed by atoms with Crippen LogP contribution in [0.4, 0.5) is 0 Å². The Morgan fingerprint density at radius 1 is 1.33 bits per heavy atom. The summed E-state index contributed by atoms with van der Waals surface area (Å²) in [4.78, 5) is 11.6. The highest BCUT2D eigenvalue weighted by molar-refractivity contribution is 6.44. The van der Waals surface area contributed by atoms with E-state index >= 15 is 0 Å². The molecule has 1 unspecified atom stereocenters. The van der Waals surface area contributed by atoms with Crippen molar-refractivity contribution in [1.29, 1.82) is 0 Å². The predicted octanol–water partition coefficient (Wildman–Crippen LogP) is 4.01. The highest BCUT2D eigenvalue weighted by Gasteiger charge is 2.42. The van der Waals surface area contributed by atoms with Crippen molar-refractivity contribution in [1.82, 2.24) is 0 Å². The summed E-state index contributed by atoms with van der Waals surface area (Å²) in [5.74, 6) is 0.144. The zero-order valence-corrected chi connectivity index (χ0v) is 11.4. The SMILES string of the molecule is CC12CCC(=O)C=C1c1c(cc(O)c(Cl)c1Cl)C2. The Kier molecular flexibility index (Phi) is 2.51. The van der Waals surface area contributed by atoms with E-state index in [1.54, 1.807) is 12.1 Å². The number of rotatable bonds is 0. The predicted molar refractivity (Wildman–Crippen MR) is 72.2 cm³/mol. The van der Waals surface area contributed by atoms with Gasteiger partial charge in [-0.25, -0.2) is 0 Å². The van der Waals surface area contributed by atoms with E-state index in [2.05, 4.69) is 6.92 Å². The molecule has 18 heavy (non-hydrogen) atoms. The van der Waals surface area contributed by atoms with Gasteiger partial charge in [-0.2, -0.15) is 0 Å². The van der Waals surface area contributed by atoms with Gasteiger partial charge in [-0.3, -0.25) is 4.79 Å². The van der Waals surface area contributed by atoms with Crippen LogP contribution >= 0.6 is 23.2 Å². The van der Waals surface area contributed by atoms with E-state index in [0.29, 0.717) is 11.4 Å². The third-order valence-electron chi connectivity index (χ3n) is 4.00. The molecule has 3 rings (SSSR count). The summed E-state index contributed by atoms with van der Waals surface area (Å²) in [5, 5.41) is 10.3. The molecule has 0 amide bonds. The Morgan fingerprint density at radius 2 is 2.06 bits per heavy atom. The smallest absolute Gasteiger partial charge is 0.156 e. The number of halogens is 2. The minimum absolute atomic E-state index is 0.00888. The van der Waals surface area contributed by atoms with E-state index in [4.69, 9.17) is 23.2 Å². The first-order valence-electron chi connectivity index (χ1n) is 5.87. The number of hydrogen-bond donors (Lipinski definition) is 1. The first-order valence-corrected chi connectivity index (χ1v) is 6.63. The summed E-state index contributed by atoms with van der Waals surface area (Å²) in [7, 11) is 0. The number of carbonyl (C=O) groups is 1. The van der Waals surface area contributed by atoms with Crippen LogP contribution in [-0.4, -0.2) is 10.9 Å². The van der Waals surface area contributed by atoms with Crippen LogP contribution in [0.2, 0.25) is 10.0 Å². The Morgan fingerprint density at radius 3 is 2.78 bits per heavy atom. The van der Waals surface area contributed by atoms with Crippen LogP contribution in [0, 0.1) is 5.41 Å². The Labute approximate surface area is 115 Å². The van der Waals surface area contributed by atoms with Crippen molar-refractivity contribution >= 4 is 34.6 Å². The fourth-order valence-corrected chi connectivity index (χ4v) is 3.48. The van der Waals surface area contributed by atoms with E-state index in [9.17, 15) is 9.90 Å². The topological polar surface area (TPSA) is 37.3 Å². The molecule has 2 aliphatic carbocycles. The van der Waals surface area contributed by atoms with E-state index in [1.165, 1.54) is 0 Å². The molecule has 0 heterocycles. The van der Waals surface area contributed by atoms with E-state index < -0.39 is 0 Å². The van der Waals surface area contributed by atoms with Crippen molar-refractivity contribution in [2.24, 2.45) is 5.41 Å². The van der Waals surface area contributed by atoms with Crippen molar-refractivity contribution in [2.75, 3.05) is 0 Å². The lowest BCUT2D eigenvalue weighted by molar-refractivity contribution is -0.115. The lowest BCUT2D eigenvalue weighted by Gasteiger charge is -2.29. The summed E-state index contributed by atoms with van der Waals surface area (Å²) in [6.07, 6.45) is 3.88. The second kappa shape index (κ2) is 3.75. The lowest BCUT2D eigenvalue weighted by Crippen LogP contribution is -2.21. The number of phenolic OH excluding ortho intramolecular Hbond substituents is 1. The average molecular weight is 283 g/mol. The minimum Gasteiger partial charge on any atom is -0.506 e. The minimum atomic E-state index is -0.0585. The highest BCUT2D eigenvalue weighted by Crippen LogP contribution is 2.55. The van der Waals surface area contributed by atoms with Gasteiger partial charge in [-0.1, -0.05) is 30.1 Å². The van der Waals surface area contributed by atoms with E-state index in [1.807, 2.05) is 0 Å². The Bertz CT molecular complexity index is 604. The number of fused-ring (bicyclic) bond motifs is 3. The van der Waals surface area contributed by atoms with Crippen LogP contribution in [-0.2, 0) is 11.2 Å². The molecule has 0 aromatic heterocycles. The average Bonchev–Trinajstić information content (AvgIpc) is 2.59. The van der Waals surface area contributed by atoms with Gasteiger partial charge in [0.25, 0.3) is 0 Å². The second-order valence-electron chi connectivity index (χ2n) is 5.32. The molecule has 1 aromatic rings. The molecule has 0 saturated carbocycles. The molecule has 1 atom stereocenters. The molecule has 1 aromatic carbocycles. The number of phenols is 1. The molecule has 0 bridgehead atoms. The van der Waals surface area contributed by atoms with E-state index in [0.717, 1.165) is 29.5 Å². The quantitative estimate of drug-likeness (QED) is 0.781. The Balaban J connectivity index is 2.29. The first kappa shape index (κ1) is 12.1. The largest absolute Gasteiger partial charge is 0.506 e. The molecule has 0 radical (unpaired) electrons. The number of aromatic hydroxyl groups is 1. The number of allylic oxidation sites excluding steroid dienone is 2. The van der Waals surface area contributed by atoms with Gasteiger partial charge >= 0.3 is 0 Å². The molecular formula is C14H12Cl2O2. The van der Waals surface area contributed by atoms with Crippen LogP contribution in [0.5, 0.6) is 5.75 Å². The van der Waals surface area contributed by atoms with Crippen LogP contribution in [0.3, 0.4) is 0 Å². The van der Waals surface area contributed by atoms with Crippen molar-refractivity contribution < 1.29 is 9.90 Å². The molecule has 0 fully saturated rings. The zero-order valence-electron chi connectivity index (χ0n) is 9.89. The lowest BCUT2D eigenvalue weighted by atomic mass is 9.74. The molecule has 94 valence electrons. The zero-order chi connectivity index (χ0) is 13.1. The monoisotopic (exact) mass is 282 g/mol. The fourth-order valence-electron chi connectivity index (χ4n) is 3.01. The summed E-state index contributed by atoms with van der Waals surface area (Å²) >= 11 is 12.2. The van der Waals surface area contributed by atoms with Gasteiger partial charge in [0.05, 0.1) is 5.02 Å². The molecule has 2 nitrogen and oxygen atoms in total. The second-order valence-corrected chi connectivity index (χ2v) is 6.08. The van der Waals surface area contributed by atoms with Crippen molar-refractivity contribution in [3.63, 3.8) is 0 Å². The maximum atomic E-state index is 11.6. The van der Waals surface area contributed by atoms with Crippen molar-refractivity contribution in [3.05, 3.63) is 33.3 Å². The van der Waals surface area contributed by atoms with Crippen LogP contribution in [0.15, 0.2) is 12.1 Å².